The molecule has 1 aromatic carbocycles. The van der Waals surface area contributed by atoms with Gasteiger partial charge in [-0.3, -0.25) is 4.79 Å². The van der Waals surface area contributed by atoms with Crippen LogP contribution in [0.1, 0.15) is 19.4 Å². The van der Waals surface area contributed by atoms with E-state index in [2.05, 4.69) is 5.32 Å². The van der Waals surface area contributed by atoms with E-state index in [9.17, 15) is 18.0 Å². The third-order valence-electron chi connectivity index (χ3n) is 2.15. The summed E-state index contributed by atoms with van der Waals surface area (Å²) in [5.74, 6) is -3.30. The molecule has 0 heterocycles. The lowest BCUT2D eigenvalue weighted by atomic mass is 10.1. The molecule has 0 aliphatic heterocycles. The monoisotopic (exact) mass is 245 g/mol. The van der Waals surface area contributed by atoms with Gasteiger partial charge in [0.25, 0.3) is 0 Å². The number of carbonyl (C=O) groups excluding carboxylic acids is 1. The molecule has 0 unspecified atom stereocenters. The van der Waals surface area contributed by atoms with Crippen molar-refractivity contribution < 1.29 is 18.0 Å². The van der Waals surface area contributed by atoms with E-state index in [0.717, 1.165) is 0 Å². The molecule has 0 aromatic heterocycles. The van der Waals surface area contributed by atoms with Gasteiger partial charge in [0.15, 0.2) is 0 Å². The molecule has 1 amide bonds. The quantitative estimate of drug-likeness (QED) is 0.867. The molecule has 0 spiro atoms. The molecule has 1 rings (SSSR count). The lowest BCUT2D eigenvalue weighted by Crippen LogP contribution is -2.29. The van der Waals surface area contributed by atoms with Crippen LogP contribution in [0.5, 0.6) is 0 Å². The van der Waals surface area contributed by atoms with Crippen LogP contribution < -0.4 is 5.32 Å². The minimum Gasteiger partial charge on any atom is -0.356 e. The van der Waals surface area contributed by atoms with E-state index in [1.54, 1.807) is 0 Å². The molecule has 0 aliphatic rings. The molecule has 0 fully saturated rings. The maximum atomic E-state index is 13.2. The van der Waals surface area contributed by atoms with Crippen LogP contribution in [-0.4, -0.2) is 12.5 Å². The molecular formula is C12H14F3NO. The Labute approximate surface area is 97.8 Å². The van der Waals surface area contributed by atoms with Crippen molar-refractivity contribution in [3.63, 3.8) is 0 Å². The van der Waals surface area contributed by atoms with E-state index < -0.39 is 35.3 Å². The fourth-order valence-corrected chi connectivity index (χ4v) is 1.28. The minimum absolute atomic E-state index is 0.252. The van der Waals surface area contributed by atoms with Gasteiger partial charge in [0.1, 0.15) is 17.5 Å². The molecule has 5 heteroatoms. The normalized spacial score (nSPS) is 10.7. The number of carbonyl (C=O) groups is 1. The molecule has 0 aliphatic carbocycles. The van der Waals surface area contributed by atoms with Crippen LogP contribution in [0.3, 0.4) is 0 Å². The zero-order valence-electron chi connectivity index (χ0n) is 9.69. The zero-order valence-corrected chi connectivity index (χ0v) is 9.69. The van der Waals surface area contributed by atoms with Gasteiger partial charge in [0.05, 0.1) is 6.42 Å². The first-order chi connectivity index (χ1) is 7.90. The van der Waals surface area contributed by atoms with Crippen LogP contribution in [0.2, 0.25) is 0 Å². The van der Waals surface area contributed by atoms with Crippen molar-refractivity contribution in [1.82, 2.24) is 5.32 Å². The molecule has 17 heavy (non-hydrogen) atoms. The number of nitrogens with one attached hydrogen (secondary N) is 1. The molecule has 0 atom stereocenters. The van der Waals surface area contributed by atoms with Gasteiger partial charge in [-0.2, -0.15) is 0 Å². The maximum Gasteiger partial charge on any atom is 0.224 e. The molecule has 0 bridgehead atoms. The second-order valence-corrected chi connectivity index (χ2v) is 4.22. The highest BCUT2D eigenvalue weighted by Gasteiger charge is 2.15. The highest BCUT2D eigenvalue weighted by Crippen LogP contribution is 2.15. The van der Waals surface area contributed by atoms with Crippen molar-refractivity contribution in [1.29, 1.82) is 0 Å². The van der Waals surface area contributed by atoms with E-state index in [0.29, 0.717) is 18.7 Å². The fraction of sp³-hybridized carbons (Fsp3) is 0.417. The van der Waals surface area contributed by atoms with E-state index in [4.69, 9.17) is 0 Å². The third kappa shape index (κ3) is 4.09. The topological polar surface area (TPSA) is 29.1 Å². The van der Waals surface area contributed by atoms with E-state index in [1.807, 2.05) is 13.8 Å². The molecule has 0 radical (unpaired) electrons. The van der Waals surface area contributed by atoms with Crippen molar-refractivity contribution in [2.75, 3.05) is 6.54 Å². The van der Waals surface area contributed by atoms with Crippen LogP contribution in [0, 0.1) is 23.4 Å². The summed E-state index contributed by atoms with van der Waals surface area (Å²) in [5, 5.41) is 2.53. The highest BCUT2D eigenvalue weighted by molar-refractivity contribution is 5.78. The Morgan fingerprint density at radius 1 is 1.24 bits per heavy atom. The Morgan fingerprint density at radius 3 is 2.24 bits per heavy atom. The molecule has 0 saturated carbocycles. The van der Waals surface area contributed by atoms with Gasteiger partial charge in [-0.05, 0) is 5.92 Å². The van der Waals surface area contributed by atoms with Crippen LogP contribution in [0.4, 0.5) is 13.2 Å². The minimum atomic E-state index is -1.04. The summed E-state index contributed by atoms with van der Waals surface area (Å²) in [6.45, 7) is 4.24. The number of halogens is 3. The summed E-state index contributed by atoms with van der Waals surface area (Å²) in [6.07, 6.45) is -0.426. The smallest absolute Gasteiger partial charge is 0.224 e. The average molecular weight is 245 g/mol. The van der Waals surface area contributed by atoms with Crippen LogP contribution in [0.15, 0.2) is 12.1 Å². The zero-order chi connectivity index (χ0) is 13.0. The summed E-state index contributed by atoms with van der Waals surface area (Å²) in [4.78, 5) is 11.4. The lowest BCUT2D eigenvalue weighted by molar-refractivity contribution is -0.120. The fourth-order valence-electron chi connectivity index (χ4n) is 1.28. The van der Waals surface area contributed by atoms with Gasteiger partial charge >= 0.3 is 0 Å². The summed E-state index contributed by atoms with van der Waals surface area (Å²) >= 11 is 0. The third-order valence-corrected chi connectivity index (χ3v) is 2.15. The Morgan fingerprint density at radius 2 is 1.76 bits per heavy atom. The van der Waals surface area contributed by atoms with E-state index in [-0.39, 0.29) is 5.92 Å². The van der Waals surface area contributed by atoms with Gasteiger partial charge in [-0.25, -0.2) is 13.2 Å². The predicted molar refractivity (Wildman–Crippen MR) is 57.9 cm³/mol. The molecule has 0 saturated heterocycles. The Bertz CT molecular complexity index is 395. The summed E-state index contributed by atoms with van der Waals surface area (Å²) in [6, 6.07) is 1.13. The maximum absolute atomic E-state index is 13.2. The predicted octanol–water partition coefficient (Wildman–Crippen LogP) is 2.42. The summed E-state index contributed by atoms with van der Waals surface area (Å²) in [7, 11) is 0. The van der Waals surface area contributed by atoms with Gasteiger partial charge in [0, 0.05) is 24.2 Å². The first-order valence-electron chi connectivity index (χ1n) is 5.30. The SMILES string of the molecule is CC(C)CNC(=O)Cc1c(F)cc(F)cc1F. The van der Waals surface area contributed by atoms with Crippen LogP contribution in [-0.2, 0) is 11.2 Å². The number of benzene rings is 1. The van der Waals surface area contributed by atoms with Crippen molar-refractivity contribution in [3.8, 4) is 0 Å². The molecule has 2 nitrogen and oxygen atoms in total. The Hall–Kier alpha value is -1.52. The van der Waals surface area contributed by atoms with Gasteiger partial charge in [-0.1, -0.05) is 13.8 Å². The number of rotatable bonds is 4. The van der Waals surface area contributed by atoms with Crippen LogP contribution >= 0.6 is 0 Å². The highest BCUT2D eigenvalue weighted by atomic mass is 19.1. The number of hydrogen-bond acceptors (Lipinski definition) is 1. The largest absolute Gasteiger partial charge is 0.356 e. The van der Waals surface area contributed by atoms with Crippen molar-refractivity contribution in [2.45, 2.75) is 20.3 Å². The number of amides is 1. The molecule has 1 aromatic rings. The van der Waals surface area contributed by atoms with Crippen molar-refractivity contribution >= 4 is 5.91 Å². The second-order valence-electron chi connectivity index (χ2n) is 4.22. The standard InChI is InChI=1S/C12H14F3NO/c1-7(2)6-16-12(17)5-9-10(14)3-8(13)4-11(9)15/h3-4,7H,5-6H2,1-2H3,(H,16,17). The van der Waals surface area contributed by atoms with Crippen LogP contribution in [0.25, 0.3) is 0 Å². The van der Waals surface area contributed by atoms with Gasteiger partial charge < -0.3 is 5.32 Å². The molecule has 94 valence electrons. The van der Waals surface area contributed by atoms with Crippen molar-refractivity contribution in [3.05, 3.63) is 35.1 Å². The molecular weight excluding hydrogens is 231 g/mol. The van der Waals surface area contributed by atoms with Gasteiger partial charge in [0.2, 0.25) is 5.91 Å². The Kier molecular flexibility index (Phi) is 4.54. The summed E-state index contributed by atoms with van der Waals surface area (Å²) in [5.41, 5.74) is -0.410. The van der Waals surface area contributed by atoms with Crippen molar-refractivity contribution in [2.24, 2.45) is 5.92 Å². The number of hydrogen-bond donors (Lipinski definition) is 1. The first kappa shape index (κ1) is 13.5. The van der Waals surface area contributed by atoms with E-state index in [1.165, 1.54) is 0 Å². The first-order valence-corrected chi connectivity index (χ1v) is 5.30. The lowest BCUT2D eigenvalue weighted by Gasteiger charge is -2.08. The average Bonchev–Trinajstić information content (AvgIpc) is 2.20. The summed E-state index contributed by atoms with van der Waals surface area (Å²) < 4.78 is 39.0. The van der Waals surface area contributed by atoms with Gasteiger partial charge in [-0.15, -0.1) is 0 Å². The molecule has 1 N–H and O–H groups in total. The second kappa shape index (κ2) is 5.70. The van der Waals surface area contributed by atoms with E-state index >= 15 is 0 Å². The Balaban J connectivity index is 2.72.